The lowest BCUT2D eigenvalue weighted by Gasteiger charge is -2.32. The van der Waals surface area contributed by atoms with Crippen molar-refractivity contribution in [2.24, 2.45) is 11.8 Å². The van der Waals surface area contributed by atoms with E-state index in [0.717, 1.165) is 17.5 Å². The van der Waals surface area contributed by atoms with E-state index in [1.165, 1.54) is 19.3 Å². The summed E-state index contributed by atoms with van der Waals surface area (Å²) in [5, 5.41) is 3.45. The molecule has 17 heavy (non-hydrogen) atoms. The Morgan fingerprint density at radius 1 is 1.18 bits per heavy atom. The minimum absolute atomic E-state index is 0.202. The van der Waals surface area contributed by atoms with Crippen molar-refractivity contribution >= 4 is 21.6 Å². The van der Waals surface area contributed by atoms with E-state index >= 15 is 0 Å². The fourth-order valence-corrected chi connectivity index (χ4v) is 3.13. The van der Waals surface area contributed by atoms with Gasteiger partial charge in [0.05, 0.1) is 4.47 Å². The predicted octanol–water partition coefficient (Wildman–Crippen LogP) is 4.82. The molecule has 1 nitrogen and oxygen atoms in total. The van der Waals surface area contributed by atoms with Crippen molar-refractivity contribution in [2.75, 3.05) is 5.32 Å². The molecule has 0 heterocycles. The number of halogens is 2. The summed E-state index contributed by atoms with van der Waals surface area (Å²) in [4.78, 5) is 0. The van der Waals surface area contributed by atoms with E-state index in [-0.39, 0.29) is 5.82 Å². The van der Waals surface area contributed by atoms with Crippen LogP contribution < -0.4 is 5.32 Å². The van der Waals surface area contributed by atoms with Crippen LogP contribution in [0.2, 0.25) is 0 Å². The number of hydrogen-bond acceptors (Lipinski definition) is 1. The largest absolute Gasteiger partial charge is 0.382 e. The second-order valence-electron chi connectivity index (χ2n) is 5.39. The Balaban J connectivity index is 2.02. The van der Waals surface area contributed by atoms with E-state index in [1.54, 1.807) is 12.1 Å². The molecule has 1 aliphatic rings. The number of hydrogen-bond donors (Lipinski definition) is 1. The maximum absolute atomic E-state index is 13.4. The van der Waals surface area contributed by atoms with E-state index in [1.807, 2.05) is 6.07 Å². The summed E-state index contributed by atoms with van der Waals surface area (Å²) in [6.07, 6.45) is 3.68. The first kappa shape index (κ1) is 12.9. The third-order valence-electron chi connectivity index (χ3n) is 3.47. The molecule has 0 amide bonds. The van der Waals surface area contributed by atoms with Crippen molar-refractivity contribution in [1.29, 1.82) is 0 Å². The van der Waals surface area contributed by atoms with E-state index in [0.29, 0.717) is 10.5 Å². The summed E-state index contributed by atoms with van der Waals surface area (Å²) < 4.78 is 13.9. The summed E-state index contributed by atoms with van der Waals surface area (Å²) in [7, 11) is 0. The topological polar surface area (TPSA) is 12.0 Å². The Hall–Kier alpha value is -0.570. The Kier molecular flexibility index (Phi) is 4.08. The molecule has 0 spiro atoms. The van der Waals surface area contributed by atoms with E-state index < -0.39 is 0 Å². The summed E-state index contributed by atoms with van der Waals surface area (Å²) in [6.45, 7) is 4.60. The highest BCUT2D eigenvalue weighted by Crippen LogP contribution is 2.31. The second kappa shape index (κ2) is 5.38. The van der Waals surface area contributed by atoms with Crippen LogP contribution in [-0.2, 0) is 0 Å². The molecule has 1 aromatic rings. The molecule has 0 saturated heterocycles. The van der Waals surface area contributed by atoms with Crippen LogP contribution in [0.3, 0.4) is 0 Å². The van der Waals surface area contributed by atoms with Gasteiger partial charge in [-0.25, -0.2) is 4.39 Å². The van der Waals surface area contributed by atoms with Crippen molar-refractivity contribution in [3.8, 4) is 0 Å². The van der Waals surface area contributed by atoms with E-state index in [4.69, 9.17) is 0 Å². The molecule has 1 fully saturated rings. The highest BCUT2D eigenvalue weighted by Gasteiger charge is 2.23. The van der Waals surface area contributed by atoms with E-state index in [2.05, 4.69) is 35.1 Å². The summed E-state index contributed by atoms with van der Waals surface area (Å²) in [5.74, 6) is 1.32. The predicted molar refractivity (Wildman–Crippen MR) is 73.7 cm³/mol. The zero-order valence-electron chi connectivity index (χ0n) is 10.3. The fraction of sp³-hybridized carbons (Fsp3) is 0.571. The molecule has 1 N–H and O–H groups in total. The highest BCUT2D eigenvalue weighted by molar-refractivity contribution is 9.10. The lowest BCUT2D eigenvalue weighted by Crippen LogP contribution is -2.30. The van der Waals surface area contributed by atoms with Crippen LogP contribution in [0, 0.1) is 17.7 Å². The van der Waals surface area contributed by atoms with Gasteiger partial charge in [0.15, 0.2) is 0 Å². The number of benzene rings is 1. The SMILES string of the molecule is CC1CC(C)CC(Nc2ccc(Br)c(F)c2)C1. The highest BCUT2D eigenvalue weighted by atomic mass is 79.9. The van der Waals surface area contributed by atoms with Crippen LogP contribution in [0.4, 0.5) is 10.1 Å². The van der Waals surface area contributed by atoms with Crippen molar-refractivity contribution in [3.63, 3.8) is 0 Å². The molecule has 94 valence electrons. The average molecular weight is 300 g/mol. The fourth-order valence-electron chi connectivity index (χ4n) is 2.89. The molecule has 0 radical (unpaired) electrons. The molecule has 2 unspecified atom stereocenters. The van der Waals surface area contributed by atoms with Crippen molar-refractivity contribution < 1.29 is 4.39 Å². The van der Waals surface area contributed by atoms with Gasteiger partial charge in [0.2, 0.25) is 0 Å². The van der Waals surface area contributed by atoms with Crippen molar-refractivity contribution in [2.45, 2.75) is 39.2 Å². The van der Waals surface area contributed by atoms with Gasteiger partial charge in [-0.15, -0.1) is 0 Å². The molecule has 0 aliphatic heterocycles. The first-order chi connectivity index (χ1) is 8.04. The maximum Gasteiger partial charge on any atom is 0.139 e. The summed E-state index contributed by atoms with van der Waals surface area (Å²) >= 11 is 3.17. The third-order valence-corrected chi connectivity index (χ3v) is 4.11. The van der Waals surface area contributed by atoms with Gasteiger partial charge in [-0.1, -0.05) is 13.8 Å². The van der Waals surface area contributed by atoms with Gasteiger partial charge in [-0.2, -0.15) is 0 Å². The Morgan fingerprint density at radius 3 is 2.41 bits per heavy atom. The molecule has 3 heteroatoms. The number of nitrogens with one attached hydrogen (secondary N) is 1. The van der Waals surface area contributed by atoms with Crippen LogP contribution in [-0.4, -0.2) is 6.04 Å². The van der Waals surface area contributed by atoms with Gasteiger partial charge in [-0.3, -0.25) is 0 Å². The molecular weight excluding hydrogens is 281 g/mol. The standard InChI is InChI=1S/C14H19BrFN/c1-9-5-10(2)7-12(6-9)17-11-3-4-13(15)14(16)8-11/h3-4,8-10,12,17H,5-7H2,1-2H3. The van der Waals surface area contributed by atoms with Crippen LogP contribution in [0.25, 0.3) is 0 Å². The van der Waals surface area contributed by atoms with Gasteiger partial charge < -0.3 is 5.32 Å². The minimum Gasteiger partial charge on any atom is -0.382 e. The van der Waals surface area contributed by atoms with Gasteiger partial charge in [0.1, 0.15) is 5.82 Å². The van der Waals surface area contributed by atoms with Gasteiger partial charge in [0.25, 0.3) is 0 Å². The molecule has 0 bridgehead atoms. The lowest BCUT2D eigenvalue weighted by atomic mass is 9.80. The van der Waals surface area contributed by atoms with Crippen LogP contribution in [0.1, 0.15) is 33.1 Å². The van der Waals surface area contributed by atoms with Crippen LogP contribution in [0.15, 0.2) is 22.7 Å². The monoisotopic (exact) mass is 299 g/mol. The Morgan fingerprint density at radius 2 is 1.82 bits per heavy atom. The Labute approximate surface area is 111 Å². The second-order valence-corrected chi connectivity index (χ2v) is 6.24. The molecule has 2 atom stereocenters. The first-order valence-electron chi connectivity index (χ1n) is 6.26. The zero-order chi connectivity index (χ0) is 12.4. The first-order valence-corrected chi connectivity index (χ1v) is 7.05. The quantitative estimate of drug-likeness (QED) is 0.825. The smallest absolute Gasteiger partial charge is 0.139 e. The average Bonchev–Trinajstić information content (AvgIpc) is 2.22. The van der Waals surface area contributed by atoms with Crippen LogP contribution >= 0.6 is 15.9 Å². The van der Waals surface area contributed by atoms with Gasteiger partial charge in [0, 0.05) is 11.7 Å². The van der Waals surface area contributed by atoms with Gasteiger partial charge in [-0.05, 0) is 65.2 Å². The zero-order valence-corrected chi connectivity index (χ0v) is 11.9. The summed E-state index contributed by atoms with van der Waals surface area (Å²) in [5.41, 5.74) is 0.886. The molecule has 2 rings (SSSR count). The molecule has 1 saturated carbocycles. The molecule has 1 aromatic carbocycles. The third kappa shape index (κ3) is 3.44. The molecule has 0 aromatic heterocycles. The molecular formula is C14H19BrFN. The number of rotatable bonds is 2. The van der Waals surface area contributed by atoms with Crippen molar-refractivity contribution in [1.82, 2.24) is 0 Å². The summed E-state index contributed by atoms with van der Waals surface area (Å²) in [6, 6.07) is 5.73. The lowest BCUT2D eigenvalue weighted by molar-refractivity contribution is 0.281. The minimum atomic E-state index is -0.202. The van der Waals surface area contributed by atoms with Crippen LogP contribution in [0.5, 0.6) is 0 Å². The molecule has 1 aliphatic carbocycles. The Bertz CT molecular complexity index is 384. The maximum atomic E-state index is 13.4. The van der Waals surface area contributed by atoms with Gasteiger partial charge >= 0.3 is 0 Å². The van der Waals surface area contributed by atoms with E-state index in [9.17, 15) is 4.39 Å². The normalized spacial score (nSPS) is 29.1. The number of anilines is 1. The van der Waals surface area contributed by atoms with Crippen molar-refractivity contribution in [3.05, 3.63) is 28.5 Å².